The van der Waals surface area contributed by atoms with Crippen LogP contribution >= 0.6 is 0 Å². The van der Waals surface area contributed by atoms with Crippen molar-refractivity contribution >= 4 is 11.9 Å². The van der Waals surface area contributed by atoms with Crippen molar-refractivity contribution in [3.05, 3.63) is 0 Å². The molecular weight excluding hydrogens is 222 g/mol. The second-order valence-electron chi connectivity index (χ2n) is 4.95. The number of ether oxygens (including phenoxy) is 1. The van der Waals surface area contributed by atoms with Crippen molar-refractivity contribution in [2.75, 3.05) is 26.3 Å². The third-order valence-corrected chi connectivity index (χ3v) is 3.39. The van der Waals surface area contributed by atoms with Gasteiger partial charge >= 0.3 is 6.03 Å². The molecule has 2 fully saturated rings. The Balaban J connectivity index is 2.16. The van der Waals surface area contributed by atoms with Gasteiger partial charge in [-0.3, -0.25) is 4.79 Å². The first kappa shape index (κ1) is 12.2. The number of primary amides is 1. The van der Waals surface area contributed by atoms with E-state index in [1.165, 1.54) is 0 Å². The summed E-state index contributed by atoms with van der Waals surface area (Å²) in [5.74, 6) is -0.409. The number of fused-ring (bicyclic) bond motifs is 1. The Morgan fingerprint density at radius 1 is 1.53 bits per heavy atom. The molecule has 0 radical (unpaired) electrons. The highest BCUT2D eigenvalue weighted by molar-refractivity contribution is 5.87. The van der Waals surface area contributed by atoms with Crippen LogP contribution in [0.1, 0.15) is 13.8 Å². The third-order valence-electron chi connectivity index (χ3n) is 3.39. The summed E-state index contributed by atoms with van der Waals surface area (Å²) >= 11 is 0. The van der Waals surface area contributed by atoms with E-state index in [1.54, 1.807) is 9.80 Å². The molecule has 2 unspecified atom stereocenters. The van der Waals surface area contributed by atoms with E-state index in [-0.39, 0.29) is 18.0 Å². The molecule has 6 heteroatoms. The van der Waals surface area contributed by atoms with Crippen molar-refractivity contribution in [1.82, 2.24) is 9.80 Å². The summed E-state index contributed by atoms with van der Waals surface area (Å²) in [7, 11) is 0. The predicted molar refractivity (Wildman–Crippen MR) is 61.2 cm³/mol. The van der Waals surface area contributed by atoms with Gasteiger partial charge in [0.25, 0.3) is 0 Å². The molecule has 2 atom stereocenters. The Morgan fingerprint density at radius 3 is 2.76 bits per heavy atom. The van der Waals surface area contributed by atoms with Gasteiger partial charge in [0.05, 0.1) is 19.3 Å². The second kappa shape index (κ2) is 4.52. The minimum absolute atomic E-state index is 0.0266. The molecule has 0 bridgehead atoms. The van der Waals surface area contributed by atoms with Crippen LogP contribution in [0, 0.1) is 5.92 Å². The number of nitrogens with two attached hydrogens (primary N) is 1. The van der Waals surface area contributed by atoms with Crippen LogP contribution in [0.3, 0.4) is 0 Å². The van der Waals surface area contributed by atoms with Crippen molar-refractivity contribution in [2.24, 2.45) is 11.7 Å². The van der Waals surface area contributed by atoms with Crippen LogP contribution in [-0.2, 0) is 9.53 Å². The number of carbonyl (C=O) groups excluding carboxylic acids is 2. The Bertz CT molecular complexity index is 332. The lowest BCUT2D eigenvalue weighted by molar-refractivity contribution is -0.123. The number of rotatable bonds is 3. The van der Waals surface area contributed by atoms with Crippen molar-refractivity contribution in [3.8, 4) is 0 Å². The lowest BCUT2D eigenvalue weighted by Crippen LogP contribution is -2.50. The SMILES string of the molecule is CC(C)C(C(N)=O)N1CC2COCCN2C1=O. The van der Waals surface area contributed by atoms with Crippen LogP contribution in [0.5, 0.6) is 0 Å². The van der Waals surface area contributed by atoms with E-state index in [4.69, 9.17) is 10.5 Å². The monoisotopic (exact) mass is 241 g/mol. The number of hydrogen-bond donors (Lipinski definition) is 1. The van der Waals surface area contributed by atoms with Crippen LogP contribution in [0.25, 0.3) is 0 Å². The fourth-order valence-electron chi connectivity index (χ4n) is 2.60. The van der Waals surface area contributed by atoms with E-state index >= 15 is 0 Å². The molecule has 0 aliphatic carbocycles. The van der Waals surface area contributed by atoms with Gasteiger partial charge in [-0.1, -0.05) is 13.8 Å². The molecule has 0 saturated carbocycles. The van der Waals surface area contributed by atoms with Crippen molar-refractivity contribution in [1.29, 1.82) is 0 Å². The van der Waals surface area contributed by atoms with E-state index in [0.717, 1.165) is 0 Å². The Hall–Kier alpha value is -1.30. The Morgan fingerprint density at radius 2 is 2.24 bits per heavy atom. The van der Waals surface area contributed by atoms with Crippen molar-refractivity contribution < 1.29 is 14.3 Å². The van der Waals surface area contributed by atoms with Gasteiger partial charge in [0.2, 0.25) is 5.91 Å². The molecule has 96 valence electrons. The fraction of sp³-hybridized carbons (Fsp3) is 0.818. The topological polar surface area (TPSA) is 75.9 Å². The highest BCUT2D eigenvalue weighted by Crippen LogP contribution is 2.24. The van der Waals surface area contributed by atoms with Crippen LogP contribution in [0.15, 0.2) is 0 Å². The van der Waals surface area contributed by atoms with Gasteiger partial charge < -0.3 is 20.3 Å². The minimum atomic E-state index is -0.520. The number of amides is 3. The maximum atomic E-state index is 12.2. The summed E-state index contributed by atoms with van der Waals surface area (Å²) in [6.07, 6.45) is 0. The summed E-state index contributed by atoms with van der Waals surface area (Å²) < 4.78 is 5.34. The van der Waals surface area contributed by atoms with Gasteiger partial charge in [-0.05, 0) is 5.92 Å². The Kier molecular flexibility index (Phi) is 3.24. The van der Waals surface area contributed by atoms with E-state index in [1.807, 2.05) is 13.8 Å². The van der Waals surface area contributed by atoms with Crippen LogP contribution in [-0.4, -0.2) is 60.1 Å². The number of hydrogen-bond acceptors (Lipinski definition) is 3. The number of morpholine rings is 1. The van der Waals surface area contributed by atoms with E-state index < -0.39 is 11.9 Å². The number of urea groups is 1. The molecule has 2 aliphatic heterocycles. The molecule has 2 heterocycles. The molecule has 3 amide bonds. The first-order valence-electron chi connectivity index (χ1n) is 5.96. The molecule has 2 aliphatic rings. The minimum Gasteiger partial charge on any atom is -0.377 e. The maximum Gasteiger partial charge on any atom is 0.321 e. The molecule has 0 aromatic rings. The lowest BCUT2D eigenvalue weighted by atomic mass is 10.0. The maximum absolute atomic E-state index is 12.2. The predicted octanol–water partition coefficient (Wildman–Crippen LogP) is -0.367. The summed E-state index contributed by atoms with van der Waals surface area (Å²) in [5.41, 5.74) is 5.39. The first-order valence-corrected chi connectivity index (χ1v) is 5.96. The quantitative estimate of drug-likeness (QED) is 0.732. The zero-order chi connectivity index (χ0) is 12.6. The zero-order valence-electron chi connectivity index (χ0n) is 10.3. The molecule has 2 rings (SSSR count). The molecule has 0 spiro atoms. The second-order valence-corrected chi connectivity index (χ2v) is 4.95. The molecule has 6 nitrogen and oxygen atoms in total. The standard InChI is InChI=1S/C11H19N3O3/c1-7(2)9(10(12)15)14-5-8-6-17-4-3-13(8)11(14)16/h7-9H,3-6H2,1-2H3,(H2,12,15). The summed E-state index contributed by atoms with van der Waals surface area (Å²) in [4.78, 5) is 27.0. The largest absolute Gasteiger partial charge is 0.377 e. The lowest BCUT2D eigenvalue weighted by Gasteiger charge is -2.28. The van der Waals surface area contributed by atoms with Crippen LogP contribution < -0.4 is 5.73 Å². The van der Waals surface area contributed by atoms with Gasteiger partial charge in [-0.15, -0.1) is 0 Å². The normalized spacial score (nSPS) is 26.3. The molecule has 17 heavy (non-hydrogen) atoms. The van der Waals surface area contributed by atoms with E-state index in [0.29, 0.717) is 26.3 Å². The van der Waals surface area contributed by atoms with E-state index in [2.05, 4.69) is 0 Å². The zero-order valence-corrected chi connectivity index (χ0v) is 10.3. The smallest absolute Gasteiger partial charge is 0.321 e. The average Bonchev–Trinajstić information content (AvgIpc) is 2.56. The highest BCUT2D eigenvalue weighted by Gasteiger charge is 2.44. The fourth-order valence-corrected chi connectivity index (χ4v) is 2.60. The van der Waals surface area contributed by atoms with Gasteiger partial charge in [-0.25, -0.2) is 4.79 Å². The first-order chi connectivity index (χ1) is 8.02. The number of carbonyl (C=O) groups is 2. The summed E-state index contributed by atoms with van der Waals surface area (Å²) in [5, 5.41) is 0. The molecule has 0 aromatic carbocycles. The van der Waals surface area contributed by atoms with Crippen LogP contribution in [0.4, 0.5) is 4.79 Å². The van der Waals surface area contributed by atoms with Crippen molar-refractivity contribution in [2.45, 2.75) is 25.9 Å². The molecule has 0 aromatic heterocycles. The molecule has 2 saturated heterocycles. The van der Waals surface area contributed by atoms with Crippen molar-refractivity contribution in [3.63, 3.8) is 0 Å². The average molecular weight is 241 g/mol. The van der Waals surface area contributed by atoms with Crippen LogP contribution in [0.2, 0.25) is 0 Å². The van der Waals surface area contributed by atoms with E-state index in [9.17, 15) is 9.59 Å². The Labute approximate surface area is 101 Å². The van der Waals surface area contributed by atoms with Gasteiger partial charge in [0.15, 0.2) is 0 Å². The van der Waals surface area contributed by atoms with Gasteiger partial charge in [0.1, 0.15) is 6.04 Å². The molecule has 2 N–H and O–H groups in total. The number of nitrogens with zero attached hydrogens (tertiary/aromatic N) is 2. The summed E-state index contributed by atoms with van der Waals surface area (Å²) in [6, 6.07) is -0.541. The molecular formula is C11H19N3O3. The summed E-state index contributed by atoms with van der Waals surface area (Å²) in [6.45, 7) is 6.05. The van der Waals surface area contributed by atoms with Gasteiger partial charge in [-0.2, -0.15) is 0 Å². The third kappa shape index (κ3) is 2.09. The van der Waals surface area contributed by atoms with Gasteiger partial charge in [0, 0.05) is 13.1 Å². The highest BCUT2D eigenvalue weighted by atomic mass is 16.5.